The predicted molar refractivity (Wildman–Crippen MR) is 49.7 cm³/mol. The van der Waals surface area contributed by atoms with Crippen molar-refractivity contribution in [1.82, 2.24) is 0 Å². The Labute approximate surface area is 170 Å². The zero-order chi connectivity index (χ0) is 15.9. The average molecular weight is 1250 g/mol. The van der Waals surface area contributed by atoms with Crippen molar-refractivity contribution < 1.29 is 33.8 Å². The van der Waals surface area contributed by atoms with E-state index in [4.69, 9.17) is 22.7 Å². The molecule has 0 saturated heterocycles. The maximum atomic E-state index is 9.98. The molecule has 0 aliphatic carbocycles. The second-order valence-corrected chi connectivity index (χ2v) is 24.1. The van der Waals surface area contributed by atoms with E-state index in [0.29, 0.717) is 0 Å². The fourth-order valence-corrected chi connectivity index (χ4v) is 36.5. The fourth-order valence-electron chi connectivity index (χ4n) is 0.126. The van der Waals surface area contributed by atoms with Gasteiger partial charge in [-0.05, 0) is 0 Å². The van der Waals surface area contributed by atoms with Crippen LogP contribution in [0.1, 0.15) is 0 Å². The van der Waals surface area contributed by atoms with Gasteiger partial charge < -0.3 is 0 Å². The van der Waals surface area contributed by atoms with Gasteiger partial charge in [0.2, 0.25) is 0 Å². The summed E-state index contributed by atoms with van der Waals surface area (Å²) in [7, 11) is 0. The van der Waals surface area contributed by atoms with Crippen LogP contribution in [0.25, 0.3) is 0 Å². The van der Waals surface area contributed by atoms with Gasteiger partial charge in [-0.2, -0.15) is 0 Å². The molecule has 0 bridgehead atoms. The minimum absolute atomic E-state index is 2.00. The van der Waals surface area contributed by atoms with Crippen molar-refractivity contribution in [1.29, 1.82) is 0 Å². The molecule has 0 aliphatic rings. The summed E-state index contributed by atoms with van der Waals surface area (Å²) in [4.78, 5) is 0. The van der Waals surface area contributed by atoms with E-state index in [1.165, 1.54) is 0 Å². The van der Waals surface area contributed by atoms with Crippen molar-refractivity contribution in [3.05, 3.63) is 0 Å². The van der Waals surface area contributed by atoms with Gasteiger partial charge in [-0.25, -0.2) is 0 Å². The van der Waals surface area contributed by atoms with E-state index in [1.807, 2.05) is 0 Å². The molecule has 0 atom stereocenters. The van der Waals surface area contributed by atoms with Crippen LogP contribution in [0.5, 0.6) is 0 Å². The zero-order valence-electron chi connectivity index (χ0n) is 8.19. The van der Waals surface area contributed by atoms with Crippen LogP contribution < -0.4 is 0 Å². The summed E-state index contributed by atoms with van der Waals surface area (Å²) in [6, 6.07) is 0. The van der Waals surface area contributed by atoms with Gasteiger partial charge in [0.1, 0.15) is 0 Å². The van der Waals surface area contributed by atoms with Gasteiger partial charge in [0.25, 0.3) is 0 Å². The van der Waals surface area contributed by atoms with E-state index in [-0.39, 0.29) is 0 Å². The summed E-state index contributed by atoms with van der Waals surface area (Å²) in [6.07, 6.45) is 0. The first-order chi connectivity index (χ1) is 9.09. The Bertz CT molecular complexity index is 270. The van der Waals surface area contributed by atoms with Crippen LogP contribution in [0.2, 0.25) is 0 Å². The molecule has 0 spiro atoms. The Morgan fingerprint density at radius 2 is 0.737 bits per heavy atom. The van der Waals surface area contributed by atoms with Gasteiger partial charge in [-0.3, -0.25) is 0 Å². The summed E-state index contributed by atoms with van der Waals surface area (Å²) in [5.41, 5.74) is 0. The van der Waals surface area contributed by atoms with Crippen LogP contribution in [-0.4, -0.2) is 140 Å². The van der Waals surface area contributed by atoms with Crippen LogP contribution in [-0.2, 0) is 33.8 Å². The molecule has 0 heterocycles. The van der Waals surface area contributed by atoms with Crippen molar-refractivity contribution in [3.8, 4) is 0 Å². The molecule has 0 N–H and O–H groups in total. The van der Waals surface area contributed by atoms with E-state index in [9.17, 15) is 8.44 Å². The Morgan fingerprint density at radius 3 is 0.842 bits per heavy atom. The zero-order valence-corrected chi connectivity index (χ0v) is 28.4. The van der Waals surface area contributed by atoms with Gasteiger partial charge in [0.15, 0.2) is 0 Å². The molecule has 0 saturated carbocycles. The third kappa shape index (κ3) is 52.5. The summed E-state index contributed by atoms with van der Waals surface area (Å²) < 4.78 is 94.7. The topological polar surface area (TPSA) is 181 Å². The first kappa shape index (κ1) is 30.2. The molecule has 12 nitrogen and oxygen atoms in total. The second kappa shape index (κ2) is 37.5. The Balaban J connectivity index is -0.000000103. The van der Waals surface area contributed by atoms with Crippen LogP contribution in [0.4, 0.5) is 0 Å². The molecule has 0 fully saturated rings. The third-order valence-electron chi connectivity index (χ3n) is 0.300. The van der Waals surface area contributed by atoms with E-state index in [0.717, 1.165) is 0 Å². The van der Waals surface area contributed by atoms with Crippen molar-refractivity contribution in [3.63, 3.8) is 0 Å². The Kier molecular flexibility index (Phi) is 59.5. The quantitative estimate of drug-likeness (QED) is 0.236. The summed E-state index contributed by atoms with van der Waals surface area (Å²) >= 11 is -15.4. The summed E-state index contributed by atoms with van der Waals surface area (Å²) in [5, 5.41) is 0. The van der Waals surface area contributed by atoms with Crippen molar-refractivity contribution >= 4 is 140 Å². The Morgan fingerprint density at radius 1 is 0.579 bits per heavy atom. The second-order valence-electron chi connectivity index (χ2n) is 0.942. The van der Waals surface area contributed by atoms with Crippen LogP contribution >= 0.6 is 0 Å². The molecule has 0 unspecified atom stereocenters. The number of hydrogen-bond donors (Lipinski definition) is 0. The SMILES string of the molecule is [O]=[Bi][O][Bi]([O][Bi]=[O])[O][Bi]=[O].[O]=[Ge]=[O].[O]=[Ge]=[O].[O]=[Ge]=[O]. The van der Waals surface area contributed by atoms with Gasteiger partial charge in [-0.1, -0.05) is 0 Å². The van der Waals surface area contributed by atoms with Crippen molar-refractivity contribution in [2.75, 3.05) is 0 Å². The first-order valence-electron chi connectivity index (χ1n) is 2.87. The molecule has 0 aromatic rings. The molecular formula is Bi4Ge3O12. The molecule has 0 aliphatic heterocycles. The Hall–Kier alpha value is 3.24. The molecule has 0 amide bonds. The molecule has 104 valence electrons. The third-order valence-corrected chi connectivity index (χ3v) is 23.1. The van der Waals surface area contributed by atoms with Gasteiger partial charge in [0, 0.05) is 0 Å². The predicted octanol–water partition coefficient (Wildman–Crippen LogP) is -3.94. The van der Waals surface area contributed by atoms with E-state index >= 15 is 0 Å². The number of hydrogen-bond acceptors (Lipinski definition) is 12. The summed E-state index contributed by atoms with van der Waals surface area (Å²) in [6.45, 7) is 0. The maximum absolute atomic E-state index is 9.98. The number of rotatable bonds is 6. The molecular weight excluding hydrogens is 1250 g/mol. The molecule has 0 rings (SSSR count). The first-order valence-corrected chi connectivity index (χ1v) is 20.8. The van der Waals surface area contributed by atoms with Gasteiger partial charge >= 0.3 is 174 Å². The monoisotopic (exact) mass is 1250 g/mol. The van der Waals surface area contributed by atoms with Gasteiger partial charge in [-0.15, -0.1) is 0 Å². The summed E-state index contributed by atoms with van der Waals surface area (Å²) in [5.74, 6) is 0. The average Bonchev–Trinajstić information content (AvgIpc) is 2.33. The fraction of sp³-hybridized carbons (Fsp3) is 0. The van der Waals surface area contributed by atoms with Gasteiger partial charge in [0.05, 0.1) is 0 Å². The van der Waals surface area contributed by atoms with E-state index in [2.05, 4.69) is 2.67 Å². The van der Waals surface area contributed by atoms with Crippen LogP contribution in [0.3, 0.4) is 0 Å². The van der Waals surface area contributed by atoms with Crippen LogP contribution in [0.15, 0.2) is 0 Å². The van der Waals surface area contributed by atoms with Crippen molar-refractivity contribution in [2.24, 2.45) is 0 Å². The molecule has 19 heteroatoms. The van der Waals surface area contributed by atoms with Crippen LogP contribution in [0, 0.1) is 0 Å². The minimum atomic E-state index is -3.02. The van der Waals surface area contributed by atoms with E-state index < -0.39 is 140 Å². The van der Waals surface area contributed by atoms with Crippen molar-refractivity contribution in [2.45, 2.75) is 0 Å². The molecule has 0 radical (unpaired) electrons. The van der Waals surface area contributed by atoms with E-state index in [1.54, 1.807) is 0 Å². The molecule has 19 heavy (non-hydrogen) atoms. The molecule has 0 aromatic carbocycles. The molecule has 0 aromatic heterocycles. The standard InChI is InChI=1S/4Bi.3GeO2.6O/c;;;;3*2-1-3;;;;;;. The normalized spacial score (nSPS) is 6.16.